The number of carbonyl (C=O) groups excluding carboxylic acids is 1. The quantitative estimate of drug-likeness (QED) is 0.791. The zero-order valence-electron chi connectivity index (χ0n) is 12.9. The molecule has 3 heteroatoms. The van der Waals surface area contributed by atoms with Crippen molar-refractivity contribution < 1.29 is 4.79 Å². The normalized spacial score (nSPS) is 22.0. The highest BCUT2D eigenvalue weighted by Gasteiger charge is 2.25. The number of rotatable bonds is 6. The Morgan fingerprint density at radius 3 is 2.48 bits per heavy atom. The van der Waals surface area contributed by atoms with Gasteiger partial charge < -0.3 is 5.32 Å². The van der Waals surface area contributed by atoms with E-state index in [0.29, 0.717) is 6.54 Å². The first-order valence-electron chi connectivity index (χ1n) is 8.21. The molecule has 0 atom stereocenters. The van der Waals surface area contributed by atoms with Gasteiger partial charge in [0.1, 0.15) is 0 Å². The summed E-state index contributed by atoms with van der Waals surface area (Å²) in [5, 5.41) is 3.80. The molecule has 116 valence electrons. The van der Waals surface area contributed by atoms with Crippen molar-refractivity contribution in [3.8, 4) is 0 Å². The van der Waals surface area contributed by atoms with Crippen LogP contribution in [0.25, 0.3) is 0 Å². The predicted octanol–water partition coefficient (Wildman–Crippen LogP) is 4.95. The highest BCUT2D eigenvalue weighted by Crippen LogP contribution is 2.32. The van der Waals surface area contributed by atoms with E-state index in [0.717, 1.165) is 29.3 Å². The molecular formula is C18H26ClNO. The minimum Gasteiger partial charge on any atom is -0.352 e. The Morgan fingerprint density at radius 1 is 1.19 bits per heavy atom. The van der Waals surface area contributed by atoms with Gasteiger partial charge in [0, 0.05) is 17.5 Å². The standard InChI is InChI=1S/C18H26ClNO/c1-2-3-4-14-5-9-16(10-6-14)18(21)20-13-15-7-11-17(19)12-8-15/h7-8,11-12,14,16H,2-6,9-10,13H2,1H3,(H,20,21). The minimum atomic E-state index is 0.218. The molecule has 0 aliphatic heterocycles. The monoisotopic (exact) mass is 307 g/mol. The number of amides is 1. The van der Waals surface area contributed by atoms with E-state index in [1.165, 1.54) is 32.1 Å². The third kappa shape index (κ3) is 5.35. The van der Waals surface area contributed by atoms with Gasteiger partial charge in [0.15, 0.2) is 0 Å². The van der Waals surface area contributed by atoms with Crippen LogP contribution in [0.5, 0.6) is 0 Å². The topological polar surface area (TPSA) is 29.1 Å². The van der Waals surface area contributed by atoms with Crippen LogP contribution in [0.3, 0.4) is 0 Å². The van der Waals surface area contributed by atoms with Crippen molar-refractivity contribution in [3.05, 3.63) is 34.9 Å². The van der Waals surface area contributed by atoms with Crippen LogP contribution in [0.2, 0.25) is 5.02 Å². The van der Waals surface area contributed by atoms with Crippen LogP contribution in [-0.4, -0.2) is 5.91 Å². The van der Waals surface area contributed by atoms with E-state index < -0.39 is 0 Å². The molecule has 2 rings (SSSR count). The average molecular weight is 308 g/mol. The summed E-state index contributed by atoms with van der Waals surface area (Å²) in [5.41, 5.74) is 1.10. The largest absolute Gasteiger partial charge is 0.352 e. The third-order valence-corrected chi connectivity index (χ3v) is 4.82. The first kappa shape index (κ1) is 16.4. The Balaban J connectivity index is 1.71. The van der Waals surface area contributed by atoms with Gasteiger partial charge in [-0.1, -0.05) is 49.9 Å². The van der Waals surface area contributed by atoms with Gasteiger partial charge >= 0.3 is 0 Å². The first-order chi connectivity index (χ1) is 10.2. The van der Waals surface area contributed by atoms with E-state index in [4.69, 9.17) is 11.6 Å². The Morgan fingerprint density at radius 2 is 1.86 bits per heavy atom. The van der Waals surface area contributed by atoms with Gasteiger partial charge in [-0.15, -0.1) is 0 Å². The van der Waals surface area contributed by atoms with Gasteiger partial charge in [0.05, 0.1) is 0 Å². The summed E-state index contributed by atoms with van der Waals surface area (Å²) >= 11 is 5.86. The SMILES string of the molecule is CCCCC1CCC(C(=O)NCc2ccc(Cl)cc2)CC1. The van der Waals surface area contributed by atoms with Crippen LogP contribution >= 0.6 is 11.6 Å². The molecule has 1 amide bonds. The van der Waals surface area contributed by atoms with Crippen LogP contribution in [0.1, 0.15) is 57.4 Å². The van der Waals surface area contributed by atoms with E-state index >= 15 is 0 Å². The molecule has 21 heavy (non-hydrogen) atoms. The second-order valence-electron chi connectivity index (χ2n) is 6.20. The molecular weight excluding hydrogens is 282 g/mol. The number of nitrogens with one attached hydrogen (secondary N) is 1. The molecule has 0 bridgehead atoms. The molecule has 1 N–H and O–H groups in total. The molecule has 0 radical (unpaired) electrons. The molecule has 0 unspecified atom stereocenters. The molecule has 1 saturated carbocycles. The maximum Gasteiger partial charge on any atom is 0.223 e. The fourth-order valence-electron chi connectivity index (χ4n) is 3.14. The minimum absolute atomic E-state index is 0.218. The smallest absolute Gasteiger partial charge is 0.223 e. The number of benzene rings is 1. The molecule has 1 fully saturated rings. The number of carbonyl (C=O) groups is 1. The van der Waals surface area contributed by atoms with Crippen molar-refractivity contribution in [3.63, 3.8) is 0 Å². The van der Waals surface area contributed by atoms with Gasteiger partial charge in [0.2, 0.25) is 5.91 Å². The fraction of sp³-hybridized carbons (Fsp3) is 0.611. The Hall–Kier alpha value is -1.02. The van der Waals surface area contributed by atoms with E-state index in [1.54, 1.807) is 0 Å². The molecule has 0 heterocycles. The molecule has 0 saturated heterocycles. The lowest BCUT2D eigenvalue weighted by atomic mass is 9.79. The van der Waals surface area contributed by atoms with E-state index in [9.17, 15) is 4.79 Å². The number of hydrogen-bond acceptors (Lipinski definition) is 1. The molecule has 1 aliphatic rings. The summed E-state index contributed by atoms with van der Waals surface area (Å²) in [7, 11) is 0. The highest BCUT2D eigenvalue weighted by molar-refractivity contribution is 6.30. The molecule has 1 aromatic rings. The number of hydrogen-bond donors (Lipinski definition) is 1. The average Bonchev–Trinajstić information content (AvgIpc) is 2.52. The zero-order chi connectivity index (χ0) is 15.1. The Kier molecular flexibility index (Phi) is 6.56. The molecule has 1 aliphatic carbocycles. The van der Waals surface area contributed by atoms with Crippen molar-refractivity contribution in [2.45, 2.75) is 58.4 Å². The lowest BCUT2D eigenvalue weighted by molar-refractivity contribution is -0.126. The van der Waals surface area contributed by atoms with Gasteiger partial charge in [-0.25, -0.2) is 0 Å². The predicted molar refractivity (Wildman–Crippen MR) is 88.3 cm³/mol. The van der Waals surface area contributed by atoms with E-state index in [2.05, 4.69) is 12.2 Å². The molecule has 0 aromatic heterocycles. The second-order valence-corrected chi connectivity index (χ2v) is 6.64. The van der Waals surface area contributed by atoms with Gasteiger partial charge in [-0.2, -0.15) is 0 Å². The zero-order valence-corrected chi connectivity index (χ0v) is 13.7. The maximum atomic E-state index is 12.2. The van der Waals surface area contributed by atoms with Crippen molar-refractivity contribution in [2.75, 3.05) is 0 Å². The first-order valence-corrected chi connectivity index (χ1v) is 8.59. The summed E-state index contributed by atoms with van der Waals surface area (Å²) in [4.78, 5) is 12.2. The Labute approximate surface area is 133 Å². The van der Waals surface area contributed by atoms with Crippen molar-refractivity contribution in [1.29, 1.82) is 0 Å². The van der Waals surface area contributed by atoms with Crippen LogP contribution < -0.4 is 5.32 Å². The summed E-state index contributed by atoms with van der Waals surface area (Å²) in [6.07, 6.45) is 8.51. The van der Waals surface area contributed by atoms with Crippen LogP contribution in [0.15, 0.2) is 24.3 Å². The van der Waals surface area contributed by atoms with Crippen LogP contribution in [0, 0.1) is 11.8 Å². The number of halogens is 1. The van der Waals surface area contributed by atoms with Gasteiger partial charge in [-0.05, 0) is 49.3 Å². The summed E-state index contributed by atoms with van der Waals surface area (Å²) in [6.45, 7) is 2.85. The Bertz CT molecular complexity index is 435. The molecule has 1 aromatic carbocycles. The molecule has 2 nitrogen and oxygen atoms in total. The summed E-state index contributed by atoms with van der Waals surface area (Å²) in [5.74, 6) is 1.29. The van der Waals surface area contributed by atoms with Gasteiger partial charge in [0.25, 0.3) is 0 Å². The lowest BCUT2D eigenvalue weighted by Gasteiger charge is -2.27. The van der Waals surface area contributed by atoms with Crippen LogP contribution in [0.4, 0.5) is 0 Å². The third-order valence-electron chi connectivity index (χ3n) is 4.56. The summed E-state index contributed by atoms with van der Waals surface area (Å²) in [6, 6.07) is 7.65. The second kappa shape index (κ2) is 8.43. The van der Waals surface area contributed by atoms with Crippen LogP contribution in [-0.2, 0) is 11.3 Å². The van der Waals surface area contributed by atoms with E-state index in [1.807, 2.05) is 24.3 Å². The van der Waals surface area contributed by atoms with Crippen molar-refractivity contribution in [1.82, 2.24) is 5.32 Å². The fourth-order valence-corrected chi connectivity index (χ4v) is 3.27. The van der Waals surface area contributed by atoms with Gasteiger partial charge in [-0.3, -0.25) is 4.79 Å². The highest BCUT2D eigenvalue weighted by atomic mass is 35.5. The number of unbranched alkanes of at least 4 members (excludes halogenated alkanes) is 1. The van der Waals surface area contributed by atoms with Crippen molar-refractivity contribution >= 4 is 17.5 Å². The lowest BCUT2D eigenvalue weighted by Crippen LogP contribution is -2.32. The summed E-state index contributed by atoms with van der Waals surface area (Å²) < 4.78 is 0. The maximum absolute atomic E-state index is 12.2. The van der Waals surface area contributed by atoms with Crippen molar-refractivity contribution in [2.24, 2.45) is 11.8 Å². The molecule has 0 spiro atoms. The van der Waals surface area contributed by atoms with E-state index in [-0.39, 0.29) is 11.8 Å².